The van der Waals surface area contributed by atoms with Crippen molar-refractivity contribution in [1.82, 2.24) is 15.3 Å². The maximum atomic E-state index is 13.9. The maximum absolute atomic E-state index is 13.9. The van der Waals surface area contributed by atoms with Crippen LogP contribution in [0.25, 0.3) is 10.9 Å². The Balaban J connectivity index is 1.94. The minimum atomic E-state index is -4.66. The van der Waals surface area contributed by atoms with Gasteiger partial charge in [-0.15, -0.1) is 0 Å². The van der Waals surface area contributed by atoms with E-state index in [1.807, 2.05) is 0 Å². The Morgan fingerprint density at radius 1 is 1.26 bits per heavy atom. The number of thiol groups is 1. The molecule has 0 radical (unpaired) electrons. The molecule has 3 aromatic rings. The van der Waals surface area contributed by atoms with Crippen LogP contribution >= 0.6 is 0 Å². The Hall–Kier alpha value is -3.52. The number of anilines is 2. The van der Waals surface area contributed by atoms with Crippen LogP contribution in [-0.4, -0.2) is 56.9 Å². The molecule has 1 aromatic heterocycles. The number of halogens is 4. The molecule has 0 saturated heterocycles. The monoisotopic (exact) mass is 515 g/mol. The van der Waals surface area contributed by atoms with Gasteiger partial charge in [0.2, 0.25) is 0 Å². The Kier molecular flexibility index (Phi) is 8.07. The zero-order chi connectivity index (χ0) is 25.8. The quantitative estimate of drug-likeness (QED) is 0.268. The summed E-state index contributed by atoms with van der Waals surface area (Å²) < 4.78 is 72.0. The summed E-state index contributed by atoms with van der Waals surface area (Å²) in [5, 5.41) is 14.6. The number of ether oxygens (including phenoxy) is 1. The molecule has 0 aliphatic carbocycles. The number of aromatic nitrogens is 2. The lowest BCUT2D eigenvalue weighted by atomic mass is 10.1. The number of aliphatic hydroxyl groups is 1. The normalized spacial score (nSPS) is 13.5. The first kappa shape index (κ1) is 26.1. The summed E-state index contributed by atoms with van der Waals surface area (Å²) in [6.07, 6.45) is -3.68. The minimum absolute atomic E-state index is 0.123. The first-order valence-corrected chi connectivity index (χ1v) is 11.7. The Morgan fingerprint density at radius 2 is 2.00 bits per heavy atom. The minimum Gasteiger partial charge on any atom is -0.476 e. The predicted molar refractivity (Wildman–Crippen MR) is 122 cm³/mol. The van der Waals surface area contributed by atoms with Crippen molar-refractivity contribution in [2.24, 2.45) is 4.36 Å². The second-order valence-electron chi connectivity index (χ2n) is 7.33. The largest absolute Gasteiger partial charge is 0.476 e. The van der Waals surface area contributed by atoms with Crippen molar-refractivity contribution >= 4 is 44.6 Å². The summed E-state index contributed by atoms with van der Waals surface area (Å²) >= 11 is 0. The fourth-order valence-electron chi connectivity index (χ4n) is 3.14. The Labute approximate surface area is 198 Å². The molecule has 0 aliphatic heterocycles. The summed E-state index contributed by atoms with van der Waals surface area (Å²) in [6.45, 7) is -0.818. The van der Waals surface area contributed by atoms with Gasteiger partial charge in [0.15, 0.2) is 6.10 Å². The van der Waals surface area contributed by atoms with Crippen molar-refractivity contribution in [3.8, 4) is 5.75 Å². The topological polar surface area (TPSA) is 126 Å². The highest BCUT2D eigenvalue weighted by molar-refractivity contribution is 7.74. The van der Waals surface area contributed by atoms with Crippen LogP contribution < -0.4 is 15.4 Å². The van der Waals surface area contributed by atoms with E-state index in [1.165, 1.54) is 18.6 Å². The van der Waals surface area contributed by atoms with Gasteiger partial charge in [-0.25, -0.2) is 18.7 Å². The second kappa shape index (κ2) is 10.8. The van der Waals surface area contributed by atoms with E-state index in [2.05, 4.69) is 19.6 Å². The van der Waals surface area contributed by atoms with E-state index in [1.54, 1.807) is 24.4 Å². The number of nitrogens with one attached hydrogen (secondary N) is 2. The number of nitrogens with zero attached hydrogens (tertiary/aromatic N) is 3. The highest BCUT2D eigenvalue weighted by Gasteiger charge is 2.30. The Morgan fingerprint density at radius 3 is 2.66 bits per heavy atom. The molecule has 1 amide bonds. The van der Waals surface area contributed by atoms with Crippen LogP contribution in [-0.2, 0) is 15.4 Å². The van der Waals surface area contributed by atoms with Gasteiger partial charge in [-0.2, -0.15) is 13.2 Å². The number of fused-ring (bicyclic) bond motifs is 1. The molecule has 0 bridgehead atoms. The number of aryl methyl sites for hydroxylation is 1. The molecule has 3 N–H and O–H groups in total. The van der Waals surface area contributed by atoms with Crippen LogP contribution in [0.3, 0.4) is 0 Å². The summed E-state index contributed by atoms with van der Waals surface area (Å²) in [5.41, 5.74) is 1.75. The predicted octanol–water partition coefficient (Wildman–Crippen LogP) is 3.17. The third-order valence-electron chi connectivity index (χ3n) is 4.56. The lowest BCUT2D eigenvalue weighted by Crippen LogP contribution is -2.44. The van der Waals surface area contributed by atoms with E-state index in [0.717, 1.165) is 12.1 Å². The van der Waals surface area contributed by atoms with Crippen LogP contribution in [0.2, 0.25) is 0 Å². The van der Waals surface area contributed by atoms with Gasteiger partial charge in [-0.3, -0.25) is 9.00 Å². The van der Waals surface area contributed by atoms with E-state index in [4.69, 9.17) is 4.74 Å². The number of benzene rings is 2. The average Bonchev–Trinajstić information content (AvgIpc) is 2.76. The van der Waals surface area contributed by atoms with Crippen LogP contribution in [0, 0.1) is 12.7 Å². The van der Waals surface area contributed by atoms with Crippen molar-refractivity contribution < 1.29 is 36.4 Å². The number of hydrogen-bond acceptors (Lipinski definition) is 8. The van der Waals surface area contributed by atoms with Crippen molar-refractivity contribution in [3.63, 3.8) is 0 Å². The highest BCUT2D eigenvalue weighted by atomic mass is 32.2. The number of carbonyl (C=O) groups is 1. The lowest BCUT2D eigenvalue weighted by molar-refractivity contribution is -0.143. The fourth-order valence-corrected chi connectivity index (χ4v) is 3.58. The smallest absolute Gasteiger partial charge is 0.405 e. The van der Waals surface area contributed by atoms with Crippen molar-refractivity contribution in [1.29, 1.82) is 0 Å². The lowest BCUT2D eigenvalue weighted by Gasteiger charge is -2.20. The van der Waals surface area contributed by atoms with Gasteiger partial charge in [0.1, 0.15) is 30.3 Å². The molecule has 1 heterocycles. The van der Waals surface area contributed by atoms with Crippen molar-refractivity contribution in [2.75, 3.05) is 24.7 Å². The van der Waals surface area contributed by atoms with E-state index < -0.39 is 47.8 Å². The van der Waals surface area contributed by atoms with Gasteiger partial charge in [0, 0.05) is 28.3 Å². The number of hydrogen-bond donors (Lipinski definition) is 4. The summed E-state index contributed by atoms with van der Waals surface area (Å²) in [6, 6.07) is 6.58. The summed E-state index contributed by atoms with van der Waals surface area (Å²) in [4.78, 5) is 20.4. The van der Waals surface area contributed by atoms with Gasteiger partial charge in [-0.05, 0) is 36.8 Å². The number of aliphatic hydroxyl groups excluding tert-OH is 1. The molecule has 3 rings (SSSR count). The first-order valence-electron chi connectivity index (χ1n) is 10.0. The molecule has 188 valence electrons. The molecule has 0 fully saturated rings. The second-order valence-corrected chi connectivity index (χ2v) is 8.46. The first-order chi connectivity index (χ1) is 16.5. The van der Waals surface area contributed by atoms with Crippen LogP contribution in [0.4, 0.5) is 34.8 Å². The van der Waals surface area contributed by atoms with Gasteiger partial charge in [-0.1, -0.05) is 0 Å². The van der Waals surface area contributed by atoms with Gasteiger partial charge in [0.05, 0.1) is 23.5 Å². The summed E-state index contributed by atoms with van der Waals surface area (Å²) in [5.74, 6) is -1.95. The van der Waals surface area contributed by atoms with Crippen LogP contribution in [0.5, 0.6) is 5.75 Å². The van der Waals surface area contributed by atoms with E-state index in [0.29, 0.717) is 22.2 Å². The number of alkyl halides is 3. The van der Waals surface area contributed by atoms with Gasteiger partial charge >= 0.3 is 6.18 Å². The SMILES string of the molecule is Cc1cc(/N=[SH](/C)=O)cc2ncnc(Nc3ccc(F)cc3O[C@H](CO)C(=O)NCC(F)(F)F)c12. The van der Waals surface area contributed by atoms with E-state index in [9.17, 15) is 31.7 Å². The molecule has 14 heteroatoms. The Bertz CT molecular complexity index is 1330. The number of rotatable bonds is 8. The fraction of sp³-hybridized carbons (Fsp3) is 0.286. The summed E-state index contributed by atoms with van der Waals surface area (Å²) in [7, 11) is -1.78. The zero-order valence-electron chi connectivity index (χ0n) is 18.4. The van der Waals surface area contributed by atoms with Gasteiger partial charge in [0.25, 0.3) is 5.91 Å². The van der Waals surface area contributed by atoms with Crippen LogP contribution in [0.1, 0.15) is 5.56 Å². The van der Waals surface area contributed by atoms with Crippen molar-refractivity contribution in [2.45, 2.75) is 19.2 Å². The van der Waals surface area contributed by atoms with Crippen LogP contribution in [0.15, 0.2) is 41.0 Å². The number of carbonyl (C=O) groups excluding carboxylic acids is 1. The standard InChI is InChI=1S/C21H21F4N5O4S/c1-11-5-13(30-35(2)33)7-15-18(11)19(28-10-27-15)29-14-4-3-12(22)6-16(14)34-17(8-31)20(32)26-9-21(23,24)25/h3-7,10,17,31,35H,8-9H2,1-2H3,(H,26,32)(H,27,28,29)/t17-/m1/s1. The molecule has 35 heavy (non-hydrogen) atoms. The molecule has 9 nitrogen and oxygen atoms in total. The number of amides is 1. The molecule has 2 atom stereocenters. The third kappa shape index (κ3) is 6.99. The molecule has 0 saturated carbocycles. The average molecular weight is 515 g/mol. The molecular formula is C21H21F4N5O4S. The van der Waals surface area contributed by atoms with E-state index >= 15 is 0 Å². The third-order valence-corrected chi connectivity index (χ3v) is 5.08. The molecule has 1 unspecified atom stereocenters. The van der Waals surface area contributed by atoms with Crippen molar-refractivity contribution in [3.05, 3.63) is 48.0 Å². The maximum Gasteiger partial charge on any atom is 0.405 e. The molecular weight excluding hydrogens is 494 g/mol. The van der Waals surface area contributed by atoms with E-state index in [-0.39, 0.29) is 17.3 Å². The highest BCUT2D eigenvalue weighted by Crippen LogP contribution is 2.34. The molecule has 2 aromatic carbocycles. The molecule has 0 spiro atoms. The molecule has 0 aliphatic rings. The van der Waals surface area contributed by atoms with Gasteiger partial charge < -0.3 is 20.5 Å². The zero-order valence-corrected chi connectivity index (χ0v) is 19.3.